The van der Waals surface area contributed by atoms with Gasteiger partial charge in [0.25, 0.3) is 0 Å². The van der Waals surface area contributed by atoms with Crippen molar-refractivity contribution in [2.45, 2.75) is 5.75 Å². The van der Waals surface area contributed by atoms with Crippen LogP contribution in [0.3, 0.4) is 0 Å². The van der Waals surface area contributed by atoms with Crippen molar-refractivity contribution < 1.29 is 14.3 Å². The van der Waals surface area contributed by atoms with Gasteiger partial charge in [0, 0.05) is 15.8 Å². The predicted octanol–water partition coefficient (Wildman–Crippen LogP) is 5.37. The molecule has 0 N–H and O–H groups in total. The first-order valence-corrected chi connectivity index (χ1v) is 10.3. The molecule has 0 saturated heterocycles. The van der Waals surface area contributed by atoms with Crippen LogP contribution >= 0.6 is 39.5 Å². The van der Waals surface area contributed by atoms with Gasteiger partial charge in [0.2, 0.25) is 5.12 Å². The van der Waals surface area contributed by atoms with Gasteiger partial charge in [0.15, 0.2) is 11.5 Å². The largest absolute Gasteiger partial charge is 0.493 e. The average molecular weight is 450 g/mol. The van der Waals surface area contributed by atoms with Crippen LogP contribution in [0.2, 0.25) is 0 Å². The molecule has 1 aliphatic heterocycles. The van der Waals surface area contributed by atoms with E-state index < -0.39 is 0 Å². The number of benzene rings is 2. The number of carbonyl (C=O) groups is 1. The minimum absolute atomic E-state index is 0.0680. The number of ether oxygens (including phenoxy) is 2. The SMILES string of the molecule is COc1cc(Br)cc(/C=C2\N=C(SCc3ccccc3)SC2=O)c1OC. The molecule has 2 aromatic rings. The lowest BCUT2D eigenvalue weighted by Gasteiger charge is -2.11. The molecule has 26 heavy (non-hydrogen) atoms. The van der Waals surface area contributed by atoms with Crippen molar-refractivity contribution in [2.24, 2.45) is 4.99 Å². The second-order valence-electron chi connectivity index (χ2n) is 5.30. The van der Waals surface area contributed by atoms with Crippen molar-refractivity contribution in [2.75, 3.05) is 14.2 Å². The maximum absolute atomic E-state index is 12.3. The summed E-state index contributed by atoms with van der Waals surface area (Å²) in [4.78, 5) is 16.8. The zero-order valence-electron chi connectivity index (χ0n) is 14.2. The number of nitrogens with zero attached hydrogens (tertiary/aromatic N) is 1. The Hall–Kier alpha value is -1.70. The lowest BCUT2D eigenvalue weighted by atomic mass is 10.1. The molecule has 0 aliphatic carbocycles. The van der Waals surface area contributed by atoms with Crippen molar-refractivity contribution >= 4 is 55.0 Å². The Morgan fingerprint density at radius 1 is 1.19 bits per heavy atom. The summed E-state index contributed by atoms with van der Waals surface area (Å²) in [6.07, 6.45) is 1.73. The highest BCUT2D eigenvalue weighted by Crippen LogP contribution is 2.38. The monoisotopic (exact) mass is 449 g/mol. The molecule has 0 bridgehead atoms. The van der Waals surface area contributed by atoms with Crippen LogP contribution in [0.1, 0.15) is 11.1 Å². The number of carbonyl (C=O) groups excluding carboxylic acids is 1. The Bertz CT molecular complexity index is 882. The third-order valence-electron chi connectivity index (χ3n) is 3.57. The predicted molar refractivity (Wildman–Crippen MR) is 113 cm³/mol. The molecule has 0 aromatic heterocycles. The standard InChI is InChI=1S/C19H16BrNO3S2/c1-23-16-10-14(20)8-13(17(16)24-2)9-15-18(22)26-19(21-15)25-11-12-6-4-3-5-7-12/h3-10H,11H2,1-2H3/b15-9-. The van der Waals surface area contributed by atoms with Crippen molar-refractivity contribution in [3.8, 4) is 11.5 Å². The van der Waals surface area contributed by atoms with Gasteiger partial charge >= 0.3 is 0 Å². The Balaban J connectivity index is 1.83. The first-order valence-electron chi connectivity index (χ1n) is 7.71. The van der Waals surface area contributed by atoms with E-state index in [1.807, 2.05) is 30.3 Å². The zero-order chi connectivity index (χ0) is 18.5. The molecule has 0 spiro atoms. The summed E-state index contributed by atoms with van der Waals surface area (Å²) in [5, 5.41) is -0.0680. The van der Waals surface area contributed by atoms with Crippen molar-refractivity contribution in [1.82, 2.24) is 0 Å². The van der Waals surface area contributed by atoms with E-state index in [1.54, 1.807) is 32.1 Å². The molecular weight excluding hydrogens is 434 g/mol. The van der Waals surface area contributed by atoms with Gasteiger partial charge in [-0.1, -0.05) is 58.0 Å². The van der Waals surface area contributed by atoms with Crippen molar-refractivity contribution in [3.63, 3.8) is 0 Å². The Morgan fingerprint density at radius 2 is 1.96 bits per heavy atom. The molecule has 7 heteroatoms. The molecule has 0 amide bonds. The van der Waals surface area contributed by atoms with Gasteiger partial charge < -0.3 is 9.47 Å². The van der Waals surface area contributed by atoms with Crippen LogP contribution in [-0.4, -0.2) is 23.7 Å². The fourth-order valence-corrected chi connectivity index (χ4v) is 4.64. The highest BCUT2D eigenvalue weighted by atomic mass is 79.9. The van der Waals surface area contributed by atoms with E-state index in [0.717, 1.165) is 31.9 Å². The summed E-state index contributed by atoms with van der Waals surface area (Å²) in [6, 6.07) is 13.8. The van der Waals surface area contributed by atoms with Gasteiger partial charge in [-0.05, 0) is 35.5 Å². The van der Waals surface area contributed by atoms with Crippen molar-refractivity contribution in [3.05, 3.63) is 63.8 Å². The highest BCUT2D eigenvalue weighted by Gasteiger charge is 2.23. The number of hydrogen-bond acceptors (Lipinski definition) is 6. The minimum Gasteiger partial charge on any atom is -0.493 e. The van der Waals surface area contributed by atoms with Crippen LogP contribution in [0.15, 0.2) is 57.6 Å². The van der Waals surface area contributed by atoms with E-state index in [-0.39, 0.29) is 5.12 Å². The second kappa shape index (κ2) is 8.79. The molecule has 4 nitrogen and oxygen atoms in total. The number of halogens is 1. The van der Waals surface area contributed by atoms with Gasteiger partial charge in [-0.25, -0.2) is 4.99 Å². The van der Waals surface area contributed by atoms with E-state index in [2.05, 4.69) is 33.1 Å². The summed E-state index contributed by atoms with van der Waals surface area (Å²) in [5.74, 6) is 1.94. The summed E-state index contributed by atoms with van der Waals surface area (Å²) in [5.41, 5.74) is 2.34. The van der Waals surface area contributed by atoms with Crippen LogP contribution in [0.5, 0.6) is 11.5 Å². The number of thioether (sulfide) groups is 2. The van der Waals surface area contributed by atoms with Crippen LogP contribution < -0.4 is 9.47 Å². The van der Waals surface area contributed by atoms with Gasteiger partial charge in [-0.2, -0.15) is 0 Å². The molecule has 0 radical (unpaired) electrons. The molecule has 0 fully saturated rings. The van der Waals surface area contributed by atoms with Gasteiger partial charge in [0.05, 0.1) is 14.2 Å². The summed E-state index contributed by atoms with van der Waals surface area (Å²) in [7, 11) is 3.15. The Kier molecular flexibility index (Phi) is 6.45. The van der Waals surface area contributed by atoms with Gasteiger partial charge in [-0.3, -0.25) is 4.79 Å². The fraction of sp³-hybridized carbons (Fsp3) is 0.158. The molecule has 134 valence electrons. The number of rotatable bonds is 5. The topological polar surface area (TPSA) is 47.9 Å². The highest BCUT2D eigenvalue weighted by molar-refractivity contribution is 9.10. The summed E-state index contributed by atoms with van der Waals surface area (Å²) < 4.78 is 12.4. The molecule has 2 aromatic carbocycles. The third kappa shape index (κ3) is 4.52. The zero-order valence-corrected chi connectivity index (χ0v) is 17.4. The van der Waals surface area contributed by atoms with Gasteiger partial charge in [0.1, 0.15) is 10.1 Å². The molecule has 3 rings (SSSR count). The van der Waals surface area contributed by atoms with E-state index in [9.17, 15) is 4.79 Å². The molecular formula is C19H16BrNO3S2. The molecule has 0 atom stereocenters. The summed E-state index contributed by atoms with van der Waals surface area (Å²) in [6.45, 7) is 0. The molecule has 1 aliphatic rings. The van der Waals surface area contributed by atoms with Crippen LogP contribution in [-0.2, 0) is 10.5 Å². The Labute approximate surface area is 169 Å². The maximum Gasteiger partial charge on any atom is 0.244 e. The molecule has 0 saturated carbocycles. The second-order valence-corrected chi connectivity index (χ2v) is 8.40. The van der Waals surface area contributed by atoms with Crippen LogP contribution in [0, 0.1) is 0 Å². The number of methoxy groups -OCH3 is 2. The molecule has 0 unspecified atom stereocenters. The van der Waals surface area contributed by atoms with E-state index in [4.69, 9.17) is 9.47 Å². The van der Waals surface area contributed by atoms with Crippen molar-refractivity contribution in [1.29, 1.82) is 0 Å². The van der Waals surface area contributed by atoms with Gasteiger partial charge in [-0.15, -0.1) is 0 Å². The number of hydrogen-bond donors (Lipinski definition) is 0. The normalized spacial score (nSPS) is 15.3. The molecule has 1 heterocycles. The first kappa shape index (κ1) is 19.1. The minimum atomic E-state index is -0.0680. The lowest BCUT2D eigenvalue weighted by molar-refractivity contribution is -0.107. The van der Waals surface area contributed by atoms with E-state index in [1.165, 1.54) is 5.56 Å². The Morgan fingerprint density at radius 3 is 2.65 bits per heavy atom. The van der Waals surface area contributed by atoms with Crippen LogP contribution in [0.4, 0.5) is 0 Å². The van der Waals surface area contributed by atoms with Crippen LogP contribution in [0.25, 0.3) is 6.08 Å². The lowest BCUT2D eigenvalue weighted by Crippen LogP contribution is -1.95. The fourth-order valence-electron chi connectivity index (χ4n) is 2.38. The number of aliphatic imine (C=N–C) groups is 1. The first-order chi connectivity index (χ1) is 12.6. The summed E-state index contributed by atoms with van der Waals surface area (Å²) >= 11 is 6.17. The average Bonchev–Trinajstić information content (AvgIpc) is 3.00. The van der Waals surface area contributed by atoms with E-state index in [0.29, 0.717) is 17.2 Å². The van der Waals surface area contributed by atoms with E-state index >= 15 is 0 Å². The maximum atomic E-state index is 12.3. The quantitative estimate of drug-likeness (QED) is 0.574. The third-order valence-corrected chi connectivity index (χ3v) is 6.11. The smallest absolute Gasteiger partial charge is 0.244 e.